The zero-order valence-electron chi connectivity index (χ0n) is 16.2. The van der Waals surface area contributed by atoms with Gasteiger partial charge in [-0.15, -0.1) is 11.3 Å². The second kappa shape index (κ2) is 7.41. The zero-order chi connectivity index (χ0) is 19.8. The van der Waals surface area contributed by atoms with Gasteiger partial charge in [0.2, 0.25) is 5.88 Å². The molecule has 0 radical (unpaired) electrons. The largest absolute Gasteiger partial charge is 0.473 e. The van der Waals surface area contributed by atoms with Crippen molar-refractivity contribution in [1.82, 2.24) is 30.0 Å². The minimum Gasteiger partial charge on any atom is -0.473 e. The molecule has 4 aromatic rings. The van der Waals surface area contributed by atoms with Crippen LogP contribution in [0.15, 0.2) is 36.7 Å². The van der Waals surface area contributed by atoms with E-state index in [1.807, 2.05) is 49.1 Å². The van der Waals surface area contributed by atoms with Gasteiger partial charge in [-0.2, -0.15) is 10.1 Å². The van der Waals surface area contributed by atoms with Crippen molar-refractivity contribution < 1.29 is 4.74 Å². The zero-order valence-corrected chi connectivity index (χ0v) is 17.0. The van der Waals surface area contributed by atoms with Crippen LogP contribution in [-0.4, -0.2) is 43.9 Å². The summed E-state index contributed by atoms with van der Waals surface area (Å²) in [5, 5.41) is 11.7. The molecular weight excluding hydrogens is 386 g/mol. The molecule has 0 unspecified atom stereocenters. The summed E-state index contributed by atoms with van der Waals surface area (Å²) in [5.74, 6) is 2.06. The smallest absolute Gasteiger partial charge is 0.218 e. The fourth-order valence-corrected chi connectivity index (χ4v) is 4.28. The van der Waals surface area contributed by atoms with Crippen molar-refractivity contribution in [3.8, 4) is 16.6 Å². The van der Waals surface area contributed by atoms with Crippen molar-refractivity contribution in [3.63, 3.8) is 0 Å². The topological polar surface area (TPSA) is 89.8 Å². The number of nitrogens with one attached hydrogen (secondary N) is 2. The first kappa shape index (κ1) is 18.0. The maximum Gasteiger partial charge on any atom is 0.218 e. The maximum absolute atomic E-state index is 6.06. The number of aryl methyl sites for hydroxylation is 2. The average molecular weight is 408 g/mol. The van der Waals surface area contributed by atoms with Crippen LogP contribution >= 0.6 is 11.3 Å². The van der Waals surface area contributed by atoms with Gasteiger partial charge < -0.3 is 15.4 Å². The molecule has 1 atom stereocenters. The lowest BCUT2D eigenvalue weighted by molar-refractivity contribution is 0.213. The van der Waals surface area contributed by atoms with E-state index in [2.05, 4.69) is 25.7 Å². The SMILES string of the molecule is Cc1ccc(Nc2cc3nc(-c4ccnn4C)sc3cn2)nc1O[C@H]1CCNC1. The third kappa shape index (κ3) is 3.66. The number of aromatic nitrogens is 5. The van der Waals surface area contributed by atoms with Gasteiger partial charge in [-0.05, 0) is 32.0 Å². The third-order valence-corrected chi connectivity index (χ3v) is 5.94. The lowest BCUT2D eigenvalue weighted by atomic mass is 10.3. The van der Waals surface area contributed by atoms with E-state index in [4.69, 9.17) is 9.72 Å². The molecule has 0 aromatic carbocycles. The summed E-state index contributed by atoms with van der Waals surface area (Å²) in [6, 6.07) is 7.84. The van der Waals surface area contributed by atoms with Gasteiger partial charge in [0.1, 0.15) is 22.7 Å². The highest BCUT2D eigenvalue weighted by Crippen LogP contribution is 2.31. The Labute approximate surface area is 172 Å². The van der Waals surface area contributed by atoms with Crippen LogP contribution in [0.3, 0.4) is 0 Å². The highest BCUT2D eigenvalue weighted by molar-refractivity contribution is 7.21. The molecule has 0 bridgehead atoms. The number of hydrogen-bond acceptors (Lipinski definition) is 8. The van der Waals surface area contributed by atoms with Crippen LogP contribution in [-0.2, 0) is 7.05 Å². The van der Waals surface area contributed by atoms with Crippen LogP contribution < -0.4 is 15.4 Å². The number of pyridine rings is 2. The van der Waals surface area contributed by atoms with Crippen LogP contribution in [0, 0.1) is 6.92 Å². The molecule has 9 heteroatoms. The van der Waals surface area contributed by atoms with Crippen LogP contribution in [0.5, 0.6) is 5.88 Å². The van der Waals surface area contributed by atoms with E-state index in [0.717, 1.165) is 46.0 Å². The molecule has 29 heavy (non-hydrogen) atoms. The van der Waals surface area contributed by atoms with Crippen molar-refractivity contribution in [1.29, 1.82) is 0 Å². The van der Waals surface area contributed by atoms with Crippen molar-refractivity contribution in [2.45, 2.75) is 19.4 Å². The van der Waals surface area contributed by atoms with Crippen LogP contribution in [0.25, 0.3) is 20.9 Å². The molecule has 0 spiro atoms. The molecule has 1 aliphatic heterocycles. The molecule has 5 rings (SSSR count). The van der Waals surface area contributed by atoms with Gasteiger partial charge in [0.25, 0.3) is 0 Å². The van der Waals surface area contributed by atoms with Gasteiger partial charge in [-0.1, -0.05) is 6.07 Å². The minimum absolute atomic E-state index is 0.173. The molecule has 1 fully saturated rings. The number of thiazole rings is 1. The predicted octanol–water partition coefficient (Wildman–Crippen LogP) is 3.28. The standard InChI is InChI=1S/C20H21N7OS/c1-12-3-4-17(26-19(12)28-13-5-7-21-10-13)25-18-9-14-16(11-22-18)29-20(24-14)15-6-8-23-27(15)2/h3-4,6,8-9,11,13,21H,5,7,10H2,1-2H3,(H,22,25,26)/t13-/m0/s1. The molecule has 0 aliphatic carbocycles. The van der Waals surface area contributed by atoms with Gasteiger partial charge in [-0.3, -0.25) is 4.68 Å². The van der Waals surface area contributed by atoms with Crippen LogP contribution in [0.1, 0.15) is 12.0 Å². The van der Waals surface area contributed by atoms with Crippen molar-refractivity contribution in [2.24, 2.45) is 7.05 Å². The summed E-state index contributed by atoms with van der Waals surface area (Å²) in [7, 11) is 1.91. The van der Waals surface area contributed by atoms with E-state index >= 15 is 0 Å². The van der Waals surface area contributed by atoms with Gasteiger partial charge in [0.05, 0.1) is 15.9 Å². The second-order valence-electron chi connectivity index (χ2n) is 7.07. The molecule has 4 aromatic heterocycles. The Kier molecular flexibility index (Phi) is 4.61. The van der Waals surface area contributed by atoms with Crippen molar-refractivity contribution in [3.05, 3.63) is 42.2 Å². The summed E-state index contributed by atoms with van der Waals surface area (Å²) in [4.78, 5) is 13.9. The summed E-state index contributed by atoms with van der Waals surface area (Å²) in [6.07, 6.45) is 4.79. The van der Waals surface area contributed by atoms with Gasteiger partial charge >= 0.3 is 0 Å². The van der Waals surface area contributed by atoms with Crippen LogP contribution in [0.4, 0.5) is 11.6 Å². The first-order valence-electron chi connectivity index (χ1n) is 9.53. The number of ether oxygens (including phenoxy) is 1. The lowest BCUT2D eigenvalue weighted by Gasteiger charge is -2.14. The van der Waals surface area contributed by atoms with Gasteiger partial charge in [-0.25, -0.2) is 9.97 Å². The van der Waals surface area contributed by atoms with Gasteiger partial charge in [0, 0.05) is 37.6 Å². The summed E-state index contributed by atoms with van der Waals surface area (Å²) in [5.41, 5.74) is 2.90. The second-order valence-corrected chi connectivity index (χ2v) is 8.10. The van der Waals surface area contributed by atoms with E-state index in [1.54, 1.807) is 17.5 Å². The Balaban J connectivity index is 1.39. The van der Waals surface area contributed by atoms with Gasteiger partial charge in [0.15, 0.2) is 0 Å². The van der Waals surface area contributed by atoms with Crippen LogP contribution in [0.2, 0.25) is 0 Å². The first-order chi connectivity index (χ1) is 14.2. The maximum atomic E-state index is 6.06. The molecule has 1 saturated heterocycles. The Hall–Kier alpha value is -3.04. The highest BCUT2D eigenvalue weighted by Gasteiger charge is 2.18. The highest BCUT2D eigenvalue weighted by atomic mass is 32.1. The summed E-state index contributed by atoms with van der Waals surface area (Å²) < 4.78 is 8.91. The Bertz CT molecular complexity index is 1160. The summed E-state index contributed by atoms with van der Waals surface area (Å²) >= 11 is 1.60. The average Bonchev–Trinajstić information content (AvgIpc) is 3.44. The molecule has 5 heterocycles. The Morgan fingerprint density at radius 3 is 2.97 bits per heavy atom. The van der Waals surface area contributed by atoms with Crippen molar-refractivity contribution in [2.75, 3.05) is 18.4 Å². The minimum atomic E-state index is 0.173. The lowest BCUT2D eigenvalue weighted by Crippen LogP contribution is -2.20. The predicted molar refractivity (Wildman–Crippen MR) is 114 cm³/mol. The Morgan fingerprint density at radius 2 is 2.17 bits per heavy atom. The number of fused-ring (bicyclic) bond motifs is 1. The number of hydrogen-bond donors (Lipinski definition) is 2. The molecule has 0 amide bonds. The van der Waals surface area contributed by atoms with Crippen molar-refractivity contribution >= 4 is 33.2 Å². The molecule has 2 N–H and O–H groups in total. The summed E-state index contributed by atoms with van der Waals surface area (Å²) in [6.45, 7) is 3.86. The fraction of sp³-hybridized carbons (Fsp3) is 0.300. The molecule has 8 nitrogen and oxygen atoms in total. The molecule has 148 valence electrons. The quantitative estimate of drug-likeness (QED) is 0.525. The van der Waals surface area contributed by atoms with E-state index in [1.165, 1.54) is 0 Å². The monoisotopic (exact) mass is 407 g/mol. The number of nitrogens with zero attached hydrogens (tertiary/aromatic N) is 5. The Morgan fingerprint density at radius 1 is 1.24 bits per heavy atom. The van der Waals surface area contributed by atoms with E-state index in [-0.39, 0.29) is 6.10 Å². The number of anilines is 2. The third-order valence-electron chi connectivity index (χ3n) is 4.92. The van der Waals surface area contributed by atoms with E-state index in [0.29, 0.717) is 17.5 Å². The molecule has 1 aliphatic rings. The normalized spacial score (nSPS) is 16.4. The first-order valence-corrected chi connectivity index (χ1v) is 10.3. The molecular formula is C20H21N7OS. The fourth-order valence-electron chi connectivity index (χ4n) is 3.31. The van der Waals surface area contributed by atoms with E-state index in [9.17, 15) is 0 Å². The molecule has 0 saturated carbocycles. The number of rotatable bonds is 5. The van der Waals surface area contributed by atoms with E-state index < -0.39 is 0 Å².